The molecular weight excluding hydrogens is 469 g/mol. The van der Waals surface area contributed by atoms with Gasteiger partial charge in [-0.25, -0.2) is 14.2 Å². The molecule has 5 rings (SSSR count). The van der Waals surface area contributed by atoms with E-state index in [1.165, 1.54) is 27.5 Å². The minimum Gasteiger partial charge on any atom is -0.507 e. The number of phenolic OH excluding ortho intramolecular Hbond substituents is 1. The van der Waals surface area contributed by atoms with Crippen molar-refractivity contribution in [1.82, 2.24) is 19.4 Å². The summed E-state index contributed by atoms with van der Waals surface area (Å²) in [6.07, 6.45) is 4.79. The minimum atomic E-state index is -0.587. The molecule has 0 saturated carbocycles. The lowest BCUT2D eigenvalue weighted by Crippen LogP contribution is -2.49. The van der Waals surface area contributed by atoms with Gasteiger partial charge in [0.15, 0.2) is 0 Å². The van der Waals surface area contributed by atoms with Crippen molar-refractivity contribution in [3.05, 3.63) is 82.4 Å². The Labute approximate surface area is 207 Å². The smallest absolute Gasteiger partial charge is 0.332 e. The molecule has 0 unspecified atom stereocenters. The Morgan fingerprint density at radius 3 is 2.51 bits per heavy atom. The van der Waals surface area contributed by atoms with Crippen molar-refractivity contribution in [3.63, 3.8) is 0 Å². The van der Waals surface area contributed by atoms with E-state index in [2.05, 4.69) is 22.1 Å². The fraction of sp³-hybridized carbons (Fsp3) is 0.231. The molecule has 0 radical (unpaired) electrons. The van der Waals surface area contributed by atoms with Crippen molar-refractivity contribution in [3.8, 4) is 33.7 Å². The van der Waals surface area contributed by atoms with Gasteiger partial charge in [0.1, 0.15) is 17.4 Å². The normalized spacial score (nSPS) is 16.0. The lowest BCUT2D eigenvalue weighted by atomic mass is 9.97. The molecule has 35 heavy (non-hydrogen) atoms. The van der Waals surface area contributed by atoms with Crippen LogP contribution in [0.5, 0.6) is 5.75 Å². The standard InChI is InChI=1S/C26H25ClFN5O2/c1-16-15-32(8-7-29-16)24-12-18(5-6-30-24)21-14-19(27)13-20(25(21)34)17-3-4-23(22(28)11-17)33-10-9-31(2)26(33)35/h3-6,9-14,16,29,34H,7-8,15H2,1-2H3/t16-/m1/s1. The van der Waals surface area contributed by atoms with Crippen molar-refractivity contribution in [2.45, 2.75) is 13.0 Å². The number of aryl methyl sites for hydroxylation is 1. The number of halogens is 2. The molecule has 3 heterocycles. The number of nitrogens with one attached hydrogen (secondary N) is 1. The van der Waals surface area contributed by atoms with Gasteiger partial charge >= 0.3 is 5.69 Å². The number of phenols is 1. The van der Waals surface area contributed by atoms with Crippen molar-refractivity contribution in [1.29, 1.82) is 0 Å². The predicted octanol–water partition coefficient (Wildman–Crippen LogP) is 4.20. The van der Waals surface area contributed by atoms with Gasteiger partial charge in [0.05, 0.1) is 5.69 Å². The van der Waals surface area contributed by atoms with Crippen molar-refractivity contribution < 1.29 is 9.50 Å². The van der Waals surface area contributed by atoms with E-state index in [9.17, 15) is 9.90 Å². The number of aromatic hydroxyl groups is 1. The summed E-state index contributed by atoms with van der Waals surface area (Å²) in [5.41, 5.74) is 1.91. The summed E-state index contributed by atoms with van der Waals surface area (Å²) in [7, 11) is 1.60. The molecule has 0 aliphatic carbocycles. The summed E-state index contributed by atoms with van der Waals surface area (Å²) in [5, 5.41) is 15.0. The summed E-state index contributed by atoms with van der Waals surface area (Å²) < 4.78 is 17.7. The second-order valence-electron chi connectivity index (χ2n) is 8.78. The first kappa shape index (κ1) is 23.1. The van der Waals surface area contributed by atoms with E-state index in [4.69, 9.17) is 11.6 Å². The number of pyridine rings is 1. The van der Waals surface area contributed by atoms with Crippen LogP contribution in [0.3, 0.4) is 0 Å². The minimum absolute atomic E-state index is 0.00995. The van der Waals surface area contributed by atoms with E-state index in [0.29, 0.717) is 27.8 Å². The maximum Gasteiger partial charge on any atom is 0.332 e. The average Bonchev–Trinajstić information content (AvgIpc) is 3.18. The highest BCUT2D eigenvalue weighted by molar-refractivity contribution is 6.31. The fourth-order valence-electron chi connectivity index (χ4n) is 4.46. The van der Waals surface area contributed by atoms with Crippen LogP contribution in [0.15, 0.2) is 65.8 Å². The third-order valence-electron chi connectivity index (χ3n) is 6.29. The molecule has 1 aliphatic heterocycles. The Morgan fingerprint density at radius 1 is 1.11 bits per heavy atom. The molecule has 0 amide bonds. The van der Waals surface area contributed by atoms with Crippen molar-refractivity contribution in [2.24, 2.45) is 7.05 Å². The predicted molar refractivity (Wildman–Crippen MR) is 136 cm³/mol. The topological polar surface area (TPSA) is 75.3 Å². The van der Waals surface area contributed by atoms with Gasteiger partial charge in [-0.2, -0.15) is 0 Å². The van der Waals surface area contributed by atoms with Crippen LogP contribution in [-0.4, -0.2) is 44.9 Å². The van der Waals surface area contributed by atoms with Crippen molar-refractivity contribution >= 4 is 17.4 Å². The highest BCUT2D eigenvalue weighted by Crippen LogP contribution is 2.41. The first-order valence-corrected chi connectivity index (χ1v) is 11.7. The Bertz CT molecular complexity index is 1460. The van der Waals surface area contributed by atoms with Crippen LogP contribution in [0.4, 0.5) is 10.2 Å². The van der Waals surface area contributed by atoms with Crippen LogP contribution in [0.1, 0.15) is 6.92 Å². The van der Waals surface area contributed by atoms with Crippen LogP contribution >= 0.6 is 11.6 Å². The van der Waals surface area contributed by atoms with Gasteiger partial charge in [-0.1, -0.05) is 17.7 Å². The molecule has 7 nitrogen and oxygen atoms in total. The van der Waals surface area contributed by atoms with Gasteiger partial charge in [0.2, 0.25) is 0 Å². The number of nitrogens with zero attached hydrogens (tertiary/aromatic N) is 4. The van der Waals surface area contributed by atoms with Crippen LogP contribution in [0, 0.1) is 5.82 Å². The first-order valence-electron chi connectivity index (χ1n) is 11.3. The average molecular weight is 494 g/mol. The molecule has 1 fully saturated rings. The summed E-state index contributed by atoms with van der Waals surface area (Å²) in [5.74, 6) is 0.223. The van der Waals surface area contributed by atoms with E-state index >= 15 is 4.39 Å². The van der Waals surface area contributed by atoms with E-state index in [0.717, 1.165) is 31.0 Å². The number of anilines is 1. The third kappa shape index (κ3) is 4.42. The molecule has 1 atom stereocenters. The van der Waals surface area contributed by atoms with E-state index in [1.54, 1.807) is 37.6 Å². The molecular formula is C26H25ClFN5O2. The summed E-state index contributed by atoms with van der Waals surface area (Å²) in [6, 6.07) is 11.9. The molecule has 9 heteroatoms. The maximum atomic E-state index is 15.1. The Hall–Kier alpha value is -3.62. The highest BCUT2D eigenvalue weighted by Gasteiger charge is 2.19. The largest absolute Gasteiger partial charge is 0.507 e. The number of hydrogen-bond acceptors (Lipinski definition) is 5. The number of aromatic nitrogens is 3. The summed E-state index contributed by atoms with van der Waals surface area (Å²) >= 11 is 6.43. The molecule has 0 spiro atoms. The van der Waals surface area contributed by atoms with Gasteiger partial charge in [0, 0.05) is 67.5 Å². The van der Waals surface area contributed by atoms with Crippen LogP contribution in [0.25, 0.3) is 27.9 Å². The number of rotatable bonds is 4. The molecule has 1 saturated heterocycles. The van der Waals surface area contributed by atoms with Crippen LogP contribution < -0.4 is 15.9 Å². The Morgan fingerprint density at radius 2 is 1.86 bits per heavy atom. The van der Waals surface area contributed by atoms with Gasteiger partial charge in [-0.3, -0.25) is 4.57 Å². The SMILES string of the molecule is C[C@@H]1CN(c2cc(-c3cc(Cl)cc(-c4ccc(-n5ccn(C)c5=O)c(F)c4)c3O)ccn2)CCN1. The van der Waals surface area contributed by atoms with Gasteiger partial charge in [-0.05, 0) is 54.4 Å². The van der Waals surface area contributed by atoms with Gasteiger partial charge in [-0.15, -0.1) is 0 Å². The van der Waals surface area contributed by atoms with E-state index < -0.39 is 5.82 Å². The zero-order valence-corrected chi connectivity index (χ0v) is 20.1. The van der Waals surface area contributed by atoms with Crippen molar-refractivity contribution in [2.75, 3.05) is 24.5 Å². The Balaban J connectivity index is 1.54. The summed E-state index contributed by atoms with van der Waals surface area (Å²) in [4.78, 5) is 18.9. The zero-order chi connectivity index (χ0) is 24.7. The summed E-state index contributed by atoms with van der Waals surface area (Å²) in [6.45, 7) is 4.67. The molecule has 2 aromatic heterocycles. The maximum absolute atomic E-state index is 15.1. The lowest BCUT2D eigenvalue weighted by Gasteiger charge is -2.33. The molecule has 2 N–H and O–H groups in total. The van der Waals surface area contributed by atoms with Crippen LogP contribution in [0.2, 0.25) is 5.02 Å². The number of hydrogen-bond donors (Lipinski definition) is 2. The van der Waals surface area contributed by atoms with Gasteiger partial charge < -0.3 is 19.9 Å². The second-order valence-corrected chi connectivity index (χ2v) is 9.22. The fourth-order valence-corrected chi connectivity index (χ4v) is 4.67. The lowest BCUT2D eigenvalue weighted by molar-refractivity contribution is 0.479. The number of imidazole rings is 1. The number of piperazine rings is 1. The molecule has 2 aromatic carbocycles. The Kier molecular flexibility index (Phi) is 6.08. The van der Waals surface area contributed by atoms with Gasteiger partial charge in [0.25, 0.3) is 0 Å². The van der Waals surface area contributed by atoms with E-state index in [1.807, 2.05) is 12.1 Å². The molecule has 1 aliphatic rings. The monoisotopic (exact) mass is 493 g/mol. The zero-order valence-electron chi connectivity index (χ0n) is 19.4. The third-order valence-corrected chi connectivity index (χ3v) is 6.51. The molecule has 4 aromatic rings. The molecule has 0 bridgehead atoms. The quantitative estimate of drug-likeness (QED) is 0.445. The first-order chi connectivity index (χ1) is 16.8. The molecule has 180 valence electrons. The number of benzene rings is 2. The van der Waals surface area contributed by atoms with Crippen LogP contribution in [-0.2, 0) is 7.05 Å². The second kappa shape index (κ2) is 9.20. The highest BCUT2D eigenvalue weighted by atomic mass is 35.5. The van der Waals surface area contributed by atoms with E-state index in [-0.39, 0.29) is 17.1 Å².